The van der Waals surface area contributed by atoms with Gasteiger partial charge in [-0.2, -0.15) is 0 Å². The van der Waals surface area contributed by atoms with Crippen LogP contribution in [0.25, 0.3) is 0 Å². The zero-order valence-corrected chi connectivity index (χ0v) is 14.6. The summed E-state index contributed by atoms with van der Waals surface area (Å²) in [6, 6.07) is 1.19. The van der Waals surface area contributed by atoms with E-state index in [9.17, 15) is 0 Å². The molecule has 2 heterocycles. The Morgan fingerprint density at radius 2 is 2.10 bits per heavy atom. The Hall–Kier alpha value is -0.870. The van der Waals surface area contributed by atoms with Crippen molar-refractivity contribution in [3.8, 4) is 0 Å². The molecule has 21 heavy (non-hydrogen) atoms. The summed E-state index contributed by atoms with van der Waals surface area (Å²) in [4.78, 5) is 7.14. The third kappa shape index (κ3) is 4.07. The first-order valence-corrected chi connectivity index (χ1v) is 8.22. The predicted octanol–water partition coefficient (Wildman–Crippen LogP) is 2.31. The average molecular weight is 292 g/mol. The van der Waals surface area contributed by atoms with Crippen LogP contribution in [0.4, 0.5) is 0 Å². The van der Waals surface area contributed by atoms with Gasteiger partial charge in [0.2, 0.25) is 0 Å². The van der Waals surface area contributed by atoms with Gasteiger partial charge in [-0.1, -0.05) is 34.6 Å². The van der Waals surface area contributed by atoms with Crippen molar-refractivity contribution in [1.29, 1.82) is 0 Å². The zero-order chi connectivity index (χ0) is 15.6. The summed E-state index contributed by atoms with van der Waals surface area (Å²) in [5, 5.41) is 3.75. The molecule has 1 aromatic rings. The number of piperazine rings is 1. The zero-order valence-electron chi connectivity index (χ0n) is 14.6. The number of rotatable bonds is 4. The summed E-state index contributed by atoms with van der Waals surface area (Å²) in [5.41, 5.74) is 0.302. The molecule has 0 bridgehead atoms. The first kappa shape index (κ1) is 16.5. The van der Waals surface area contributed by atoms with E-state index in [0.29, 0.717) is 23.4 Å². The molecule has 4 heteroatoms. The first-order chi connectivity index (χ1) is 9.79. The van der Waals surface area contributed by atoms with E-state index in [1.165, 1.54) is 5.82 Å². The molecule has 1 aliphatic rings. The molecule has 0 aromatic carbocycles. The second-order valence-corrected chi connectivity index (χ2v) is 7.84. The van der Waals surface area contributed by atoms with E-state index in [0.717, 1.165) is 26.1 Å². The molecule has 1 N–H and O–H groups in total. The largest absolute Gasteiger partial charge is 0.338 e. The van der Waals surface area contributed by atoms with Crippen LogP contribution in [0.15, 0.2) is 12.4 Å². The maximum Gasteiger partial charge on any atom is 0.109 e. The fourth-order valence-electron chi connectivity index (χ4n) is 3.27. The monoisotopic (exact) mass is 292 g/mol. The van der Waals surface area contributed by atoms with Crippen LogP contribution in [0.2, 0.25) is 0 Å². The topological polar surface area (TPSA) is 33.1 Å². The van der Waals surface area contributed by atoms with Gasteiger partial charge in [-0.3, -0.25) is 4.90 Å². The van der Waals surface area contributed by atoms with Gasteiger partial charge in [0.05, 0.1) is 0 Å². The maximum atomic E-state index is 4.46. The van der Waals surface area contributed by atoms with Crippen LogP contribution in [0.3, 0.4) is 0 Å². The van der Waals surface area contributed by atoms with Gasteiger partial charge in [0, 0.05) is 57.6 Å². The molecular formula is C17H32N4. The second-order valence-electron chi connectivity index (χ2n) is 7.84. The van der Waals surface area contributed by atoms with Gasteiger partial charge in [0.25, 0.3) is 0 Å². The molecule has 0 amide bonds. The third-order valence-electron chi connectivity index (χ3n) is 4.79. The Morgan fingerprint density at radius 1 is 1.38 bits per heavy atom. The molecule has 2 rings (SSSR count). The predicted molar refractivity (Wildman–Crippen MR) is 88.4 cm³/mol. The fraction of sp³-hybridized carbons (Fsp3) is 0.824. The highest BCUT2D eigenvalue weighted by molar-refractivity contribution is 4.96. The van der Waals surface area contributed by atoms with Crippen molar-refractivity contribution in [3.63, 3.8) is 0 Å². The SMILES string of the molecule is CC(C)C1CN(CCc2nccn2C)C(C(C)(C)C)CN1. The van der Waals surface area contributed by atoms with Crippen molar-refractivity contribution in [2.24, 2.45) is 18.4 Å². The molecule has 1 aromatic heterocycles. The van der Waals surface area contributed by atoms with E-state index in [4.69, 9.17) is 0 Å². The lowest BCUT2D eigenvalue weighted by atomic mass is 9.83. The summed E-state index contributed by atoms with van der Waals surface area (Å²) in [5.74, 6) is 1.86. The molecule has 0 saturated carbocycles. The second kappa shape index (κ2) is 6.49. The molecule has 2 unspecified atom stereocenters. The van der Waals surface area contributed by atoms with Gasteiger partial charge >= 0.3 is 0 Å². The van der Waals surface area contributed by atoms with Crippen molar-refractivity contribution in [3.05, 3.63) is 18.2 Å². The number of imidazole rings is 1. The van der Waals surface area contributed by atoms with Crippen LogP contribution in [0.1, 0.15) is 40.4 Å². The van der Waals surface area contributed by atoms with Gasteiger partial charge in [-0.05, 0) is 11.3 Å². The Morgan fingerprint density at radius 3 is 2.62 bits per heavy atom. The summed E-state index contributed by atoms with van der Waals surface area (Å²) in [6.45, 7) is 15.0. The molecule has 0 radical (unpaired) electrons. The van der Waals surface area contributed by atoms with Crippen LogP contribution < -0.4 is 5.32 Å². The number of hydrogen-bond donors (Lipinski definition) is 1. The molecule has 2 atom stereocenters. The molecule has 120 valence electrons. The lowest BCUT2D eigenvalue weighted by Gasteiger charge is -2.47. The van der Waals surface area contributed by atoms with Crippen molar-refractivity contribution < 1.29 is 0 Å². The average Bonchev–Trinajstić information content (AvgIpc) is 2.80. The van der Waals surface area contributed by atoms with E-state index in [1.54, 1.807) is 0 Å². The minimum absolute atomic E-state index is 0.302. The summed E-state index contributed by atoms with van der Waals surface area (Å²) in [7, 11) is 2.08. The first-order valence-electron chi connectivity index (χ1n) is 8.22. The Kier molecular flexibility index (Phi) is 5.10. The van der Waals surface area contributed by atoms with Gasteiger partial charge in [0.15, 0.2) is 0 Å². The van der Waals surface area contributed by atoms with E-state index in [2.05, 4.69) is 61.4 Å². The Balaban J connectivity index is 2.04. The highest BCUT2D eigenvalue weighted by Gasteiger charge is 2.35. The Bertz CT molecular complexity index is 444. The standard InChI is InChI=1S/C17H32N4/c1-13(2)14-12-21(15(11-19-14)17(3,4)5)9-7-16-18-8-10-20(16)6/h8,10,13-15,19H,7,9,11-12H2,1-6H3. The smallest absolute Gasteiger partial charge is 0.109 e. The highest BCUT2D eigenvalue weighted by atomic mass is 15.2. The molecule has 1 fully saturated rings. The minimum Gasteiger partial charge on any atom is -0.338 e. The maximum absolute atomic E-state index is 4.46. The van der Waals surface area contributed by atoms with Crippen LogP contribution in [0.5, 0.6) is 0 Å². The summed E-state index contributed by atoms with van der Waals surface area (Å²) >= 11 is 0. The van der Waals surface area contributed by atoms with Crippen molar-refractivity contribution >= 4 is 0 Å². The van der Waals surface area contributed by atoms with E-state index in [1.807, 2.05) is 12.4 Å². The lowest BCUT2D eigenvalue weighted by molar-refractivity contribution is 0.0466. The number of nitrogens with one attached hydrogen (secondary N) is 1. The Labute approximate surface area is 129 Å². The summed E-state index contributed by atoms with van der Waals surface area (Å²) < 4.78 is 2.13. The van der Waals surface area contributed by atoms with E-state index < -0.39 is 0 Å². The highest BCUT2D eigenvalue weighted by Crippen LogP contribution is 2.27. The molecule has 0 spiro atoms. The van der Waals surface area contributed by atoms with Gasteiger partial charge in [-0.25, -0.2) is 4.98 Å². The van der Waals surface area contributed by atoms with Gasteiger partial charge < -0.3 is 9.88 Å². The lowest BCUT2D eigenvalue weighted by Crippen LogP contribution is -2.62. The van der Waals surface area contributed by atoms with Crippen LogP contribution in [0, 0.1) is 11.3 Å². The van der Waals surface area contributed by atoms with Crippen LogP contribution >= 0.6 is 0 Å². The number of aromatic nitrogens is 2. The number of nitrogens with zero attached hydrogens (tertiary/aromatic N) is 3. The molecule has 1 saturated heterocycles. The molecular weight excluding hydrogens is 260 g/mol. The normalized spacial score (nSPS) is 24.7. The van der Waals surface area contributed by atoms with Crippen LogP contribution in [-0.2, 0) is 13.5 Å². The fourth-order valence-corrected chi connectivity index (χ4v) is 3.27. The van der Waals surface area contributed by atoms with Crippen molar-refractivity contribution in [2.75, 3.05) is 19.6 Å². The molecule has 0 aliphatic carbocycles. The third-order valence-corrected chi connectivity index (χ3v) is 4.79. The molecule has 4 nitrogen and oxygen atoms in total. The summed E-state index contributed by atoms with van der Waals surface area (Å²) in [6.07, 6.45) is 4.96. The van der Waals surface area contributed by atoms with Crippen molar-refractivity contribution in [1.82, 2.24) is 19.8 Å². The van der Waals surface area contributed by atoms with Gasteiger partial charge in [-0.15, -0.1) is 0 Å². The van der Waals surface area contributed by atoms with E-state index in [-0.39, 0.29) is 0 Å². The van der Waals surface area contributed by atoms with E-state index >= 15 is 0 Å². The molecule has 1 aliphatic heterocycles. The van der Waals surface area contributed by atoms with Crippen LogP contribution in [-0.4, -0.2) is 46.2 Å². The van der Waals surface area contributed by atoms with Gasteiger partial charge in [0.1, 0.15) is 5.82 Å². The number of hydrogen-bond acceptors (Lipinski definition) is 3. The quantitative estimate of drug-likeness (QED) is 0.924. The number of aryl methyl sites for hydroxylation is 1. The van der Waals surface area contributed by atoms with Crippen molar-refractivity contribution in [2.45, 2.75) is 53.1 Å². The minimum atomic E-state index is 0.302.